The topological polar surface area (TPSA) is 13.7 Å². The van der Waals surface area contributed by atoms with Crippen LogP contribution in [0.25, 0.3) is 66.2 Å². The highest BCUT2D eigenvalue weighted by atomic mass is 19.1. The Balaban J connectivity index is 1.14. The summed E-state index contributed by atoms with van der Waals surface area (Å²) >= 11 is 0. The molecule has 0 fully saturated rings. The van der Waals surface area contributed by atoms with Crippen molar-refractivity contribution in [1.29, 1.82) is 0 Å². The predicted molar refractivity (Wildman–Crippen MR) is 214 cm³/mol. The Morgan fingerprint density at radius 2 is 0.846 bits per heavy atom. The van der Waals surface area contributed by atoms with Crippen LogP contribution in [-0.4, -0.2) is 15.4 Å². The summed E-state index contributed by atoms with van der Waals surface area (Å²) < 4.78 is 22.5. The average Bonchev–Trinajstić information content (AvgIpc) is 3.82. The van der Waals surface area contributed by atoms with Gasteiger partial charge < -0.3 is 13.6 Å². The molecule has 4 heterocycles. The highest BCUT2D eigenvalue weighted by Gasteiger charge is 2.49. The molecule has 0 saturated carbocycles. The quantitative estimate of drug-likeness (QED) is 0.167. The normalized spacial score (nSPS) is 13.2. The monoisotopic (exact) mass is 667 g/mol. The number of nitrogens with zero attached hydrogens (tertiary/aromatic N) is 3. The first kappa shape index (κ1) is 29.1. The molecule has 0 unspecified atom stereocenters. The van der Waals surface area contributed by atoms with Gasteiger partial charge in [0.1, 0.15) is 12.0 Å². The van der Waals surface area contributed by atoms with Gasteiger partial charge in [0, 0.05) is 44.5 Å². The maximum atomic E-state index is 15.4. The lowest BCUT2D eigenvalue weighted by Crippen LogP contribution is -2.82. The first-order chi connectivity index (χ1) is 25.7. The van der Waals surface area contributed by atoms with Crippen molar-refractivity contribution >= 4 is 66.3 Å². The lowest BCUT2D eigenvalue weighted by atomic mass is 9.24. The molecule has 244 valence electrons. The van der Waals surface area contributed by atoms with E-state index in [0.29, 0.717) is 0 Å². The SMILES string of the molecule is Fc1ccc2c(c1)[B-](c1ccc(-n3c4ccccc4c4ccccc43)cc1)(c1ccc(-n3c4ccccc4c4ccccc43)cc1)[n+]1ccccc1-2. The summed E-state index contributed by atoms with van der Waals surface area (Å²) in [7, 11) is 0. The molecule has 0 atom stereocenters. The van der Waals surface area contributed by atoms with Crippen molar-refractivity contribution in [3.63, 3.8) is 0 Å². The maximum Gasteiger partial charge on any atom is 0.361 e. The molecule has 0 spiro atoms. The van der Waals surface area contributed by atoms with Gasteiger partial charge in [-0.15, -0.1) is 16.4 Å². The van der Waals surface area contributed by atoms with E-state index in [0.717, 1.165) is 39.0 Å². The lowest BCUT2D eigenvalue weighted by molar-refractivity contribution is -0.524. The van der Waals surface area contributed by atoms with Crippen LogP contribution in [0, 0.1) is 5.82 Å². The van der Waals surface area contributed by atoms with E-state index in [4.69, 9.17) is 0 Å². The van der Waals surface area contributed by atoms with Crippen molar-refractivity contribution in [3.05, 3.63) is 194 Å². The number of pyridine rings is 1. The molecule has 11 rings (SSSR count). The third kappa shape index (κ3) is 3.88. The number of benzene rings is 7. The van der Waals surface area contributed by atoms with E-state index in [1.54, 1.807) is 12.1 Å². The minimum Gasteiger partial charge on any atom is -0.408 e. The number of halogens is 1. The number of rotatable bonds is 4. The van der Waals surface area contributed by atoms with Crippen LogP contribution in [0.15, 0.2) is 188 Å². The molecule has 0 N–H and O–H groups in total. The smallest absolute Gasteiger partial charge is 0.361 e. The van der Waals surface area contributed by atoms with Crippen LogP contribution >= 0.6 is 0 Å². The lowest BCUT2D eigenvalue weighted by Gasteiger charge is -2.33. The van der Waals surface area contributed by atoms with Crippen LogP contribution in [0.1, 0.15) is 0 Å². The van der Waals surface area contributed by atoms with E-state index in [2.05, 4.69) is 184 Å². The first-order valence-electron chi connectivity index (χ1n) is 17.9. The fourth-order valence-electron chi connectivity index (χ4n) is 9.36. The Morgan fingerprint density at radius 1 is 0.423 bits per heavy atom. The van der Waals surface area contributed by atoms with Crippen molar-refractivity contribution in [2.24, 2.45) is 0 Å². The van der Waals surface area contributed by atoms with Gasteiger partial charge in [0.2, 0.25) is 0 Å². The molecule has 1 aliphatic rings. The largest absolute Gasteiger partial charge is 0.408 e. The van der Waals surface area contributed by atoms with E-state index in [1.165, 1.54) is 43.6 Å². The predicted octanol–water partition coefficient (Wildman–Crippen LogP) is 8.80. The zero-order valence-electron chi connectivity index (χ0n) is 28.2. The second kappa shape index (κ2) is 10.9. The van der Waals surface area contributed by atoms with Crippen LogP contribution < -0.4 is 20.9 Å². The standard InChI is InChI=1S/C47H31BFN3/c49-34-24-29-41-42(31-34)48(50-30-10-9-15-43(41)50,32-20-25-35(26-21-32)51-44-16-5-1-11-37(44)38-12-2-6-17-45(38)51)33-22-27-36(28-23-33)52-46-18-7-3-13-39(46)40-14-4-8-19-47(40)52/h1-31H. The van der Waals surface area contributed by atoms with Gasteiger partial charge in [-0.05, 0) is 66.7 Å². The van der Waals surface area contributed by atoms with Gasteiger partial charge in [0.05, 0.1) is 22.1 Å². The molecule has 7 aromatic carbocycles. The van der Waals surface area contributed by atoms with E-state index in [1.807, 2.05) is 6.07 Å². The van der Waals surface area contributed by atoms with Gasteiger partial charge in [-0.1, -0.05) is 109 Å². The molecule has 0 amide bonds. The van der Waals surface area contributed by atoms with Gasteiger partial charge in [-0.3, -0.25) is 0 Å². The molecule has 3 nitrogen and oxygen atoms in total. The summed E-state index contributed by atoms with van der Waals surface area (Å²) in [5, 5.41) is 4.93. The molecule has 0 saturated heterocycles. The van der Waals surface area contributed by atoms with Crippen molar-refractivity contribution in [3.8, 4) is 22.6 Å². The molecule has 5 heteroatoms. The van der Waals surface area contributed by atoms with Crippen molar-refractivity contribution in [2.75, 3.05) is 0 Å². The third-order valence-corrected chi connectivity index (χ3v) is 11.5. The fraction of sp³-hybridized carbons (Fsp3) is 0. The Labute approximate surface area is 300 Å². The molecule has 52 heavy (non-hydrogen) atoms. The summed E-state index contributed by atoms with van der Waals surface area (Å²) in [6.07, 6.45) is 0.351. The number of hydrogen-bond donors (Lipinski definition) is 0. The molecule has 0 aliphatic carbocycles. The summed E-state index contributed by atoms with van der Waals surface area (Å²) in [5.74, 6) is -0.234. The Kier molecular flexibility index (Phi) is 6.09. The van der Waals surface area contributed by atoms with E-state index >= 15 is 4.39 Å². The second-order valence-corrected chi connectivity index (χ2v) is 14.0. The Bertz CT molecular complexity index is 2760. The molecule has 1 aliphatic heterocycles. The number of hydrogen-bond acceptors (Lipinski definition) is 0. The third-order valence-electron chi connectivity index (χ3n) is 11.5. The Morgan fingerprint density at radius 3 is 1.31 bits per heavy atom. The van der Waals surface area contributed by atoms with E-state index in [-0.39, 0.29) is 5.82 Å². The molecule has 10 aromatic rings. The van der Waals surface area contributed by atoms with Crippen molar-refractivity contribution in [2.45, 2.75) is 0 Å². The van der Waals surface area contributed by atoms with E-state index < -0.39 is 6.28 Å². The number of para-hydroxylation sites is 4. The minimum absolute atomic E-state index is 0.234. The van der Waals surface area contributed by atoms with Crippen LogP contribution in [0.3, 0.4) is 0 Å². The minimum atomic E-state index is -1.81. The summed E-state index contributed by atoms with van der Waals surface area (Å²) in [6.45, 7) is 0. The van der Waals surface area contributed by atoms with Crippen LogP contribution in [0.2, 0.25) is 0 Å². The van der Waals surface area contributed by atoms with Gasteiger partial charge in [-0.25, -0.2) is 4.39 Å². The van der Waals surface area contributed by atoms with Crippen molar-refractivity contribution < 1.29 is 8.87 Å². The van der Waals surface area contributed by atoms with E-state index in [9.17, 15) is 0 Å². The van der Waals surface area contributed by atoms with Gasteiger partial charge in [0.15, 0.2) is 5.69 Å². The fourth-order valence-corrected chi connectivity index (χ4v) is 9.36. The second-order valence-electron chi connectivity index (χ2n) is 14.0. The number of aromatic nitrogens is 3. The highest BCUT2D eigenvalue weighted by molar-refractivity contribution is 7.07. The highest BCUT2D eigenvalue weighted by Crippen LogP contribution is 2.34. The zero-order chi connectivity index (χ0) is 34.4. The van der Waals surface area contributed by atoms with Crippen LogP contribution in [0.4, 0.5) is 4.39 Å². The Hall–Kier alpha value is -6.72. The van der Waals surface area contributed by atoms with Crippen molar-refractivity contribution in [1.82, 2.24) is 9.13 Å². The van der Waals surface area contributed by atoms with Crippen LogP contribution in [0.5, 0.6) is 0 Å². The first-order valence-corrected chi connectivity index (χ1v) is 17.9. The summed E-state index contributed by atoms with van der Waals surface area (Å²) in [5.41, 5.74) is 12.2. The molecule has 3 aromatic heterocycles. The molecule has 0 radical (unpaired) electrons. The molecule has 0 bridgehead atoms. The van der Waals surface area contributed by atoms with Gasteiger partial charge in [0.25, 0.3) is 0 Å². The number of fused-ring (bicyclic) bond motifs is 9. The van der Waals surface area contributed by atoms with Gasteiger partial charge >= 0.3 is 6.28 Å². The average molecular weight is 668 g/mol. The van der Waals surface area contributed by atoms with Crippen LogP contribution in [-0.2, 0) is 0 Å². The summed E-state index contributed by atoms with van der Waals surface area (Å²) in [4.78, 5) is 0. The maximum absolute atomic E-state index is 15.4. The summed E-state index contributed by atoms with van der Waals surface area (Å²) in [6, 6.07) is 63.9. The molecular formula is C47H31BFN3. The zero-order valence-corrected chi connectivity index (χ0v) is 28.2. The van der Waals surface area contributed by atoms with Gasteiger partial charge in [-0.2, -0.15) is 0 Å². The molecular weight excluding hydrogens is 636 g/mol.